The predicted octanol–water partition coefficient (Wildman–Crippen LogP) is 7.49. The second-order valence-corrected chi connectivity index (χ2v) is 30.4. The molecule has 2 aliphatic rings. The van der Waals surface area contributed by atoms with Gasteiger partial charge in [-0.1, -0.05) is 144 Å². The third-order valence-electron chi connectivity index (χ3n) is 14.6. The van der Waals surface area contributed by atoms with E-state index in [4.69, 9.17) is 49.3 Å². The first-order chi connectivity index (χ1) is 38.0. The van der Waals surface area contributed by atoms with Crippen LogP contribution in [0.3, 0.4) is 0 Å². The average Bonchev–Trinajstić information content (AvgIpc) is 4.16. The zero-order chi connectivity index (χ0) is 55.9. The van der Waals surface area contributed by atoms with Gasteiger partial charge in [0, 0.05) is 49.0 Å². The van der Waals surface area contributed by atoms with E-state index in [1.54, 1.807) is 28.1 Å². The lowest BCUT2D eigenvalue weighted by Crippen LogP contribution is -2.55. The first-order valence-corrected chi connectivity index (χ1v) is 32.8. The SMILES string of the molecule is COc1ccc(C(OC[C@H]2O[C@@H](n3cc(C)c(=O)[nH]c3=O)C[C@@H]2OP(=S)(OC[C@H]2O[C@@H](n3cc(C)c(=O)[nH]c3=O)C[C@@H]2OC(C)=O)SCC[Si](C)(c2ccccc2)c2ccccc2)(c2ccccc2)c2ccc(OC)cc2)cc1. The van der Waals surface area contributed by atoms with Crippen molar-refractivity contribution in [1.29, 1.82) is 0 Å². The Bertz CT molecular complexity index is 3430. The van der Waals surface area contributed by atoms with Crippen LogP contribution in [0, 0.1) is 13.8 Å². The molecule has 0 bridgehead atoms. The third-order valence-corrected chi connectivity index (χ3v) is 24.7. The number of aryl methyl sites for hydroxylation is 2. The summed E-state index contributed by atoms with van der Waals surface area (Å²) >= 11 is 8.03. The van der Waals surface area contributed by atoms with E-state index in [1.807, 2.05) is 115 Å². The Labute approximate surface area is 467 Å². The van der Waals surface area contributed by atoms with Gasteiger partial charge in [-0.15, -0.1) is 0 Å². The van der Waals surface area contributed by atoms with Crippen LogP contribution in [0.4, 0.5) is 0 Å². The van der Waals surface area contributed by atoms with Crippen LogP contribution in [0.2, 0.25) is 12.6 Å². The molecule has 21 heteroatoms. The maximum Gasteiger partial charge on any atom is 0.330 e. The van der Waals surface area contributed by atoms with E-state index in [-0.39, 0.29) is 31.6 Å². The van der Waals surface area contributed by atoms with E-state index >= 15 is 0 Å². The molecular weight excluding hydrogens is 1080 g/mol. The minimum Gasteiger partial charge on any atom is -0.497 e. The predicted molar refractivity (Wildman–Crippen MR) is 309 cm³/mol. The molecule has 0 amide bonds. The largest absolute Gasteiger partial charge is 0.497 e. The van der Waals surface area contributed by atoms with Crippen LogP contribution in [-0.4, -0.2) is 90.7 Å². The van der Waals surface area contributed by atoms with E-state index in [1.165, 1.54) is 50.2 Å². The number of nitrogens with zero attached hydrogens (tertiary/aromatic N) is 2. The van der Waals surface area contributed by atoms with Crippen molar-refractivity contribution in [2.45, 2.75) is 88.7 Å². The van der Waals surface area contributed by atoms with E-state index in [9.17, 15) is 24.0 Å². The number of nitrogens with one attached hydrogen (secondary N) is 2. The highest BCUT2D eigenvalue weighted by Crippen LogP contribution is 2.64. The first kappa shape index (κ1) is 57.2. The molecule has 2 fully saturated rings. The lowest BCUT2D eigenvalue weighted by molar-refractivity contribution is -0.150. The van der Waals surface area contributed by atoms with Crippen molar-refractivity contribution in [3.63, 3.8) is 0 Å². The van der Waals surface area contributed by atoms with E-state index < -0.39 is 84.7 Å². The molecule has 0 aliphatic carbocycles. The molecule has 2 N–H and O–H groups in total. The number of esters is 1. The molecular formula is C58H63N4O13PS2Si. The molecule has 9 rings (SSSR count). The van der Waals surface area contributed by atoms with Gasteiger partial charge in [0.25, 0.3) is 11.1 Å². The van der Waals surface area contributed by atoms with E-state index in [0.29, 0.717) is 22.8 Å². The summed E-state index contributed by atoms with van der Waals surface area (Å²) < 4.78 is 54.5. The molecule has 2 aliphatic heterocycles. The molecule has 7 aromatic rings. The molecule has 1 unspecified atom stereocenters. The van der Waals surface area contributed by atoms with Gasteiger partial charge < -0.3 is 37.5 Å². The fourth-order valence-electron chi connectivity index (χ4n) is 10.2. The zero-order valence-electron chi connectivity index (χ0n) is 44.6. The Morgan fingerprint density at radius 1 is 0.671 bits per heavy atom. The number of ether oxygens (including phenoxy) is 6. The monoisotopic (exact) mass is 1150 g/mol. The van der Waals surface area contributed by atoms with Crippen molar-refractivity contribution in [3.8, 4) is 11.5 Å². The number of aromatic amines is 2. The van der Waals surface area contributed by atoms with Crippen LogP contribution in [0.1, 0.15) is 60.0 Å². The topological polar surface area (TPSA) is 201 Å². The van der Waals surface area contributed by atoms with Crippen molar-refractivity contribution in [2.24, 2.45) is 0 Å². The second-order valence-electron chi connectivity index (χ2n) is 19.7. The highest BCUT2D eigenvalue weighted by molar-refractivity contribution is 8.67. The van der Waals surface area contributed by atoms with Crippen molar-refractivity contribution in [2.75, 3.05) is 33.2 Å². The van der Waals surface area contributed by atoms with E-state index in [2.05, 4.69) is 40.8 Å². The van der Waals surface area contributed by atoms with Crippen LogP contribution in [0.5, 0.6) is 11.5 Å². The quantitative estimate of drug-likeness (QED) is 0.0293. The number of benzene rings is 5. The molecule has 4 heterocycles. The van der Waals surface area contributed by atoms with Crippen molar-refractivity contribution in [3.05, 3.63) is 221 Å². The van der Waals surface area contributed by atoms with Crippen molar-refractivity contribution >= 4 is 53.3 Å². The normalized spacial score (nSPS) is 20.1. The number of hydrogen-bond donors (Lipinski definition) is 2. The maximum atomic E-state index is 13.7. The van der Waals surface area contributed by atoms with Crippen LogP contribution < -0.4 is 42.3 Å². The summed E-state index contributed by atoms with van der Waals surface area (Å²) in [6.45, 7) is 6.46. The zero-order valence-corrected chi connectivity index (χ0v) is 48.1. The fourth-order valence-corrected chi connectivity index (χ4v) is 19.9. The lowest BCUT2D eigenvalue weighted by atomic mass is 9.80. The molecule has 2 aromatic heterocycles. The molecule has 17 nitrogen and oxygen atoms in total. The minimum atomic E-state index is -3.58. The van der Waals surface area contributed by atoms with Crippen molar-refractivity contribution in [1.82, 2.24) is 19.1 Å². The standard InChI is InChI=1S/C58H63N4O13PS2Si/c1-38-34-61(56(66)59-54(38)64)52-32-48(72-40(3)63)51(74-52)37-71-76(77,78-30-31-79(6,46-18-12-8-13-19-46)47-20-14-9-15-21-47)75-49-33-53(62-35-39(2)55(65)60-57(62)67)73-50(49)36-70-58(41-16-10-7-11-17-41,42-22-26-44(68-4)27-23-42)43-24-28-45(69-5)29-25-43/h7-29,34-35,48-53H,30-33,36-37H2,1-6H3,(H,59,64,66)(H,60,65,67)/t48-,49-,50+,51+,52+,53+,76?/m0/s1. The van der Waals surface area contributed by atoms with Gasteiger partial charge in [-0.3, -0.25) is 33.5 Å². The molecule has 7 atom stereocenters. The number of H-pyrrole nitrogens is 2. The average molecular weight is 1150 g/mol. The Morgan fingerprint density at radius 3 is 1.58 bits per heavy atom. The highest BCUT2D eigenvalue weighted by atomic mass is 32.9. The van der Waals surface area contributed by atoms with Gasteiger partial charge >= 0.3 is 17.3 Å². The summed E-state index contributed by atoms with van der Waals surface area (Å²) in [5.41, 5.74) is -4.34. The second kappa shape index (κ2) is 24.9. The third kappa shape index (κ3) is 12.8. The maximum absolute atomic E-state index is 13.7. The highest BCUT2D eigenvalue weighted by Gasteiger charge is 2.47. The van der Waals surface area contributed by atoms with Crippen LogP contribution >= 0.6 is 17.1 Å². The van der Waals surface area contributed by atoms with E-state index in [0.717, 1.165) is 22.7 Å². The Kier molecular flexibility index (Phi) is 18.1. The summed E-state index contributed by atoms with van der Waals surface area (Å²) in [4.78, 5) is 69.2. The van der Waals surface area contributed by atoms with Crippen LogP contribution in [-0.2, 0) is 50.2 Å². The van der Waals surface area contributed by atoms with Crippen LogP contribution in [0.25, 0.3) is 0 Å². The number of rotatable bonds is 22. The Morgan fingerprint density at radius 2 is 1.11 bits per heavy atom. The van der Waals surface area contributed by atoms with Gasteiger partial charge in [-0.2, -0.15) is 0 Å². The first-order valence-electron chi connectivity index (χ1n) is 25.8. The van der Waals surface area contributed by atoms with Gasteiger partial charge in [-0.25, -0.2) is 9.59 Å². The van der Waals surface area contributed by atoms with Gasteiger partial charge in [0.2, 0.25) is 5.69 Å². The molecule has 2 saturated heterocycles. The van der Waals surface area contributed by atoms with Gasteiger partial charge in [0.05, 0.1) is 33.5 Å². The summed E-state index contributed by atoms with van der Waals surface area (Å²) in [6.07, 6.45) is -2.47. The van der Waals surface area contributed by atoms with Gasteiger partial charge in [-0.05, 0) is 72.7 Å². The van der Waals surface area contributed by atoms with Gasteiger partial charge in [0.1, 0.15) is 55.9 Å². The molecule has 0 spiro atoms. The number of methoxy groups -OCH3 is 2. The fraction of sp³-hybridized carbons (Fsp3) is 0.328. The van der Waals surface area contributed by atoms with Crippen molar-refractivity contribution < 1.29 is 42.3 Å². The summed E-state index contributed by atoms with van der Waals surface area (Å²) in [5.74, 6) is 1.23. The summed E-state index contributed by atoms with van der Waals surface area (Å²) in [7, 11) is 0.769. The molecule has 414 valence electrons. The number of hydrogen-bond acceptors (Lipinski definition) is 15. The summed E-state index contributed by atoms with van der Waals surface area (Å²) in [6, 6.07) is 46.7. The Hall–Kier alpha value is -6.45. The number of carbonyl (C=O) groups is 1. The Balaban J connectivity index is 1.10. The summed E-state index contributed by atoms with van der Waals surface area (Å²) in [5, 5.41) is 2.47. The lowest BCUT2D eigenvalue weighted by Gasteiger charge is -2.37. The molecule has 0 radical (unpaired) electrons. The van der Waals surface area contributed by atoms with Gasteiger partial charge in [0.15, 0.2) is 0 Å². The number of aromatic nitrogens is 4. The molecule has 0 saturated carbocycles. The molecule has 79 heavy (non-hydrogen) atoms. The van der Waals surface area contributed by atoms with Crippen LogP contribution in [0.15, 0.2) is 171 Å². The number of carbonyl (C=O) groups excluding carboxylic acids is 1. The molecule has 5 aromatic carbocycles. The minimum absolute atomic E-state index is 0.0738. The smallest absolute Gasteiger partial charge is 0.330 e.